The molecule has 0 amide bonds. The number of halogens is 1. The molecule has 1 heterocycles. The number of para-hydroxylation sites is 1. The molecule has 0 atom stereocenters. The van der Waals surface area contributed by atoms with Gasteiger partial charge < -0.3 is 15.5 Å². The number of H-pyrrole nitrogens is 1. The highest BCUT2D eigenvalue weighted by molar-refractivity contribution is 6.30. The third-order valence-corrected chi connectivity index (χ3v) is 3.20. The Bertz CT molecular complexity index is 752. The largest absolute Gasteiger partial charge is 0.496 e. The molecule has 0 spiro atoms. The van der Waals surface area contributed by atoms with Crippen molar-refractivity contribution in [2.75, 3.05) is 12.8 Å². The normalized spacial score (nSPS) is 10.8. The number of ether oxygens (including phenoxy) is 1. The maximum Gasteiger partial charge on any atom is 0.142 e. The van der Waals surface area contributed by atoms with E-state index in [1.807, 2.05) is 24.3 Å². The van der Waals surface area contributed by atoms with Gasteiger partial charge in [0.25, 0.3) is 0 Å². The van der Waals surface area contributed by atoms with Crippen LogP contribution in [0, 0.1) is 0 Å². The second-order valence-corrected chi connectivity index (χ2v) is 4.61. The average molecular weight is 274 g/mol. The SMILES string of the molecule is COc1cc(Cl)ccc1-c1nc2c(N)cccc2[nH]1. The number of fused-ring (bicyclic) bond motifs is 1. The van der Waals surface area contributed by atoms with Crippen LogP contribution in [-0.2, 0) is 0 Å². The molecule has 0 aliphatic heterocycles. The van der Waals surface area contributed by atoms with Gasteiger partial charge in [0.15, 0.2) is 0 Å². The van der Waals surface area contributed by atoms with Gasteiger partial charge in [-0.2, -0.15) is 0 Å². The summed E-state index contributed by atoms with van der Waals surface area (Å²) in [6.07, 6.45) is 0. The molecule has 0 aliphatic rings. The highest BCUT2D eigenvalue weighted by atomic mass is 35.5. The highest BCUT2D eigenvalue weighted by Crippen LogP contribution is 2.32. The van der Waals surface area contributed by atoms with Crippen molar-refractivity contribution in [3.05, 3.63) is 41.4 Å². The summed E-state index contributed by atoms with van der Waals surface area (Å²) in [7, 11) is 1.60. The lowest BCUT2D eigenvalue weighted by Gasteiger charge is -2.06. The number of hydrogen-bond donors (Lipinski definition) is 2. The highest BCUT2D eigenvalue weighted by Gasteiger charge is 2.12. The minimum absolute atomic E-state index is 0.622. The lowest BCUT2D eigenvalue weighted by molar-refractivity contribution is 0.416. The van der Waals surface area contributed by atoms with E-state index in [2.05, 4.69) is 9.97 Å². The van der Waals surface area contributed by atoms with Crippen LogP contribution in [0.25, 0.3) is 22.4 Å². The molecule has 3 N–H and O–H groups in total. The Kier molecular flexibility index (Phi) is 2.80. The molecule has 0 aliphatic carbocycles. The number of nitrogens with two attached hydrogens (primary N) is 1. The molecule has 4 nitrogen and oxygen atoms in total. The number of aromatic amines is 1. The first-order chi connectivity index (χ1) is 9.19. The summed E-state index contributed by atoms with van der Waals surface area (Å²) in [5, 5.41) is 0.622. The average Bonchev–Trinajstić information content (AvgIpc) is 2.83. The zero-order chi connectivity index (χ0) is 13.4. The number of rotatable bonds is 2. The summed E-state index contributed by atoms with van der Waals surface area (Å²) in [6, 6.07) is 11.1. The monoisotopic (exact) mass is 273 g/mol. The number of anilines is 1. The summed E-state index contributed by atoms with van der Waals surface area (Å²) in [6.45, 7) is 0. The Hall–Kier alpha value is -2.20. The topological polar surface area (TPSA) is 63.9 Å². The van der Waals surface area contributed by atoms with Crippen molar-refractivity contribution in [3.8, 4) is 17.1 Å². The van der Waals surface area contributed by atoms with Crippen LogP contribution in [0.2, 0.25) is 5.02 Å². The fourth-order valence-electron chi connectivity index (χ4n) is 2.04. The third-order valence-electron chi connectivity index (χ3n) is 2.96. The molecule has 2 aromatic carbocycles. The number of hydrogen-bond acceptors (Lipinski definition) is 3. The van der Waals surface area contributed by atoms with Crippen molar-refractivity contribution >= 4 is 28.3 Å². The van der Waals surface area contributed by atoms with Gasteiger partial charge in [-0.05, 0) is 30.3 Å². The Morgan fingerprint density at radius 1 is 1.26 bits per heavy atom. The smallest absolute Gasteiger partial charge is 0.142 e. The molecule has 0 bridgehead atoms. The molecule has 3 rings (SSSR count). The molecule has 1 aromatic heterocycles. The van der Waals surface area contributed by atoms with Gasteiger partial charge in [0.2, 0.25) is 0 Å². The quantitative estimate of drug-likeness (QED) is 0.703. The number of nitrogens with zero attached hydrogens (tertiary/aromatic N) is 1. The standard InChI is InChI=1S/C14H12ClN3O/c1-19-12-7-8(15)5-6-9(12)14-17-11-4-2-3-10(16)13(11)18-14/h2-7H,16H2,1H3,(H,17,18). The van der Waals surface area contributed by atoms with E-state index >= 15 is 0 Å². The maximum atomic E-state index is 5.96. The van der Waals surface area contributed by atoms with E-state index in [4.69, 9.17) is 22.1 Å². The molecule has 0 saturated heterocycles. The number of imidazole rings is 1. The summed E-state index contributed by atoms with van der Waals surface area (Å²) >= 11 is 5.96. The van der Waals surface area contributed by atoms with Crippen molar-refractivity contribution in [1.82, 2.24) is 9.97 Å². The van der Waals surface area contributed by atoms with Crippen LogP contribution >= 0.6 is 11.6 Å². The van der Waals surface area contributed by atoms with E-state index in [-0.39, 0.29) is 0 Å². The molecule has 96 valence electrons. The van der Waals surface area contributed by atoms with Crippen molar-refractivity contribution in [1.29, 1.82) is 0 Å². The summed E-state index contributed by atoms with van der Waals surface area (Å²) < 4.78 is 5.33. The Morgan fingerprint density at radius 3 is 2.84 bits per heavy atom. The van der Waals surface area contributed by atoms with Crippen LogP contribution in [0.1, 0.15) is 0 Å². The Morgan fingerprint density at radius 2 is 2.11 bits per heavy atom. The molecular formula is C14H12ClN3O. The molecule has 0 unspecified atom stereocenters. The number of methoxy groups -OCH3 is 1. The molecule has 0 radical (unpaired) electrons. The zero-order valence-corrected chi connectivity index (χ0v) is 11.0. The van der Waals surface area contributed by atoms with E-state index in [0.29, 0.717) is 22.3 Å². The van der Waals surface area contributed by atoms with Gasteiger partial charge >= 0.3 is 0 Å². The third kappa shape index (κ3) is 2.00. The van der Waals surface area contributed by atoms with Crippen LogP contribution in [0.5, 0.6) is 5.75 Å². The van der Waals surface area contributed by atoms with E-state index in [1.54, 1.807) is 19.2 Å². The predicted octanol–water partition coefficient (Wildman–Crippen LogP) is 3.47. The van der Waals surface area contributed by atoms with Gasteiger partial charge in [-0.25, -0.2) is 4.98 Å². The van der Waals surface area contributed by atoms with Crippen molar-refractivity contribution in [3.63, 3.8) is 0 Å². The van der Waals surface area contributed by atoms with E-state index in [0.717, 1.165) is 16.6 Å². The maximum absolute atomic E-state index is 5.96. The number of nitrogens with one attached hydrogen (secondary N) is 1. The van der Waals surface area contributed by atoms with Crippen molar-refractivity contribution < 1.29 is 4.74 Å². The van der Waals surface area contributed by atoms with E-state index in [1.165, 1.54) is 0 Å². The lowest BCUT2D eigenvalue weighted by atomic mass is 10.2. The molecular weight excluding hydrogens is 262 g/mol. The van der Waals surface area contributed by atoms with Gasteiger partial charge in [-0.3, -0.25) is 0 Å². The molecule has 0 saturated carbocycles. The van der Waals surface area contributed by atoms with Crippen molar-refractivity contribution in [2.45, 2.75) is 0 Å². The minimum Gasteiger partial charge on any atom is -0.496 e. The van der Waals surface area contributed by atoms with Crippen LogP contribution in [-0.4, -0.2) is 17.1 Å². The van der Waals surface area contributed by atoms with Gasteiger partial charge in [0.1, 0.15) is 17.1 Å². The number of aromatic nitrogens is 2. The Balaban J connectivity index is 2.22. The first-order valence-corrected chi connectivity index (χ1v) is 6.15. The Labute approximate surface area is 115 Å². The first-order valence-electron chi connectivity index (χ1n) is 5.77. The van der Waals surface area contributed by atoms with Crippen LogP contribution in [0.4, 0.5) is 5.69 Å². The van der Waals surface area contributed by atoms with Gasteiger partial charge in [-0.1, -0.05) is 17.7 Å². The molecule has 19 heavy (non-hydrogen) atoms. The van der Waals surface area contributed by atoms with Crippen LogP contribution < -0.4 is 10.5 Å². The first kappa shape index (κ1) is 11.9. The fourth-order valence-corrected chi connectivity index (χ4v) is 2.20. The molecule has 0 fully saturated rings. The summed E-state index contributed by atoms with van der Waals surface area (Å²) in [5.41, 5.74) is 9.06. The van der Waals surface area contributed by atoms with Crippen molar-refractivity contribution in [2.24, 2.45) is 0 Å². The number of benzene rings is 2. The molecule has 3 aromatic rings. The van der Waals surface area contributed by atoms with E-state index < -0.39 is 0 Å². The summed E-state index contributed by atoms with van der Waals surface area (Å²) in [5.74, 6) is 1.38. The van der Waals surface area contributed by atoms with Gasteiger partial charge in [-0.15, -0.1) is 0 Å². The predicted molar refractivity (Wildman–Crippen MR) is 77.5 cm³/mol. The second-order valence-electron chi connectivity index (χ2n) is 4.17. The lowest BCUT2D eigenvalue weighted by Crippen LogP contribution is -1.89. The van der Waals surface area contributed by atoms with Crippen LogP contribution in [0.3, 0.4) is 0 Å². The fraction of sp³-hybridized carbons (Fsp3) is 0.0714. The molecule has 5 heteroatoms. The zero-order valence-electron chi connectivity index (χ0n) is 10.3. The number of nitrogen functional groups attached to an aromatic ring is 1. The van der Waals surface area contributed by atoms with E-state index in [9.17, 15) is 0 Å². The summed E-state index contributed by atoms with van der Waals surface area (Å²) in [4.78, 5) is 7.75. The second kappa shape index (κ2) is 4.48. The van der Waals surface area contributed by atoms with Gasteiger partial charge in [0, 0.05) is 5.02 Å². The van der Waals surface area contributed by atoms with Gasteiger partial charge in [0.05, 0.1) is 23.9 Å². The minimum atomic E-state index is 0.622. The van der Waals surface area contributed by atoms with Crippen LogP contribution in [0.15, 0.2) is 36.4 Å².